The van der Waals surface area contributed by atoms with Gasteiger partial charge in [-0.15, -0.1) is 0 Å². The van der Waals surface area contributed by atoms with E-state index in [2.05, 4.69) is 115 Å². The molecule has 0 saturated heterocycles. The lowest BCUT2D eigenvalue weighted by atomic mass is 9.70. The molecule has 2 saturated carbocycles. The average molecular weight is 603 g/mol. The Morgan fingerprint density at radius 3 is 1.66 bits per heavy atom. The highest BCUT2D eigenvalue weighted by Crippen LogP contribution is 2.64. The Morgan fingerprint density at radius 2 is 1.22 bits per heavy atom. The van der Waals surface area contributed by atoms with Crippen molar-refractivity contribution in [3.8, 4) is 0 Å². The summed E-state index contributed by atoms with van der Waals surface area (Å²) in [6, 6.07) is 41.1. The molecule has 0 heterocycles. The van der Waals surface area contributed by atoms with Crippen molar-refractivity contribution < 1.29 is 17.8 Å². The van der Waals surface area contributed by atoms with Crippen LogP contribution >= 0.6 is 11.8 Å². The maximum Gasteiger partial charge on any atom is 0.166 e. The van der Waals surface area contributed by atoms with E-state index in [0.717, 1.165) is 6.42 Å². The Morgan fingerprint density at radius 1 is 0.756 bits per heavy atom. The van der Waals surface area contributed by atoms with Crippen molar-refractivity contribution in [3.63, 3.8) is 0 Å². The van der Waals surface area contributed by atoms with E-state index in [1.165, 1.54) is 24.5 Å². The highest BCUT2D eigenvalue weighted by Gasteiger charge is 2.64. The van der Waals surface area contributed by atoms with Gasteiger partial charge in [0.2, 0.25) is 0 Å². The number of carbonyl (C=O) groups excluding carboxylic acids is 1. The third-order valence-electron chi connectivity index (χ3n) is 8.56. The summed E-state index contributed by atoms with van der Waals surface area (Å²) in [4.78, 5) is 18.4. The van der Waals surface area contributed by atoms with Crippen LogP contribution in [0.5, 0.6) is 0 Å². The van der Waals surface area contributed by atoms with E-state index in [9.17, 15) is 17.8 Å². The molecule has 2 atom stereocenters. The number of Topliss-reactive ketones (excluding diaryl/α,β-unsaturated/α-hetero) is 1. The molecule has 41 heavy (non-hydrogen) atoms. The van der Waals surface area contributed by atoms with Crippen LogP contribution < -0.4 is 0 Å². The molecule has 4 aromatic carbocycles. The Balaban J connectivity index is 0.000000191. The number of hydrogen-bond donors (Lipinski definition) is 0. The normalized spacial score (nSPS) is 21.0. The zero-order valence-electron chi connectivity index (χ0n) is 23.2. The number of fused-ring (bicyclic) bond motifs is 2. The highest BCUT2D eigenvalue weighted by atomic mass is 32.2. The second-order valence-electron chi connectivity index (χ2n) is 11.2. The predicted molar refractivity (Wildman–Crippen MR) is 165 cm³/mol. The summed E-state index contributed by atoms with van der Waals surface area (Å²) in [6.07, 6.45) is 1.88. The molecular formula is C34H34O4S3. The van der Waals surface area contributed by atoms with Gasteiger partial charge in [-0.3, -0.25) is 4.79 Å². The zero-order chi connectivity index (χ0) is 29.1. The summed E-state index contributed by atoms with van der Waals surface area (Å²) in [5.74, 6) is -0.280. The highest BCUT2D eigenvalue weighted by molar-refractivity contribution is 7.99. The van der Waals surface area contributed by atoms with Gasteiger partial charge in [-0.05, 0) is 84.8 Å². The van der Waals surface area contributed by atoms with E-state index in [4.69, 9.17) is 0 Å². The SMILES string of the molecule is CC1(C)C2CCC1(CS(=O)(=O)[O-])C(=O)C2.c1ccc(Sc2ccc([S+](c3ccccc3)c3ccccc3)cc2)cc1. The molecule has 2 bridgehead atoms. The van der Waals surface area contributed by atoms with Crippen molar-refractivity contribution in [2.75, 3.05) is 5.75 Å². The molecule has 212 valence electrons. The van der Waals surface area contributed by atoms with Crippen LogP contribution in [0.1, 0.15) is 33.1 Å². The fourth-order valence-corrected chi connectivity index (χ4v) is 10.4. The van der Waals surface area contributed by atoms with Crippen LogP contribution in [-0.4, -0.2) is 24.5 Å². The Kier molecular flexibility index (Phi) is 8.81. The second kappa shape index (κ2) is 12.2. The molecular weight excluding hydrogens is 569 g/mol. The van der Waals surface area contributed by atoms with Gasteiger partial charge in [0.25, 0.3) is 0 Å². The summed E-state index contributed by atoms with van der Waals surface area (Å²) in [6.45, 7) is 3.83. The van der Waals surface area contributed by atoms with Crippen molar-refractivity contribution in [1.29, 1.82) is 0 Å². The van der Waals surface area contributed by atoms with E-state index in [1.807, 2.05) is 13.8 Å². The predicted octanol–water partition coefficient (Wildman–Crippen LogP) is 7.86. The molecule has 4 aromatic rings. The maximum absolute atomic E-state index is 11.8. The standard InChI is InChI=1S/C24H19S2.C10H16O4S/c1-4-10-20(11-5-1)25-21-16-18-24(19-17-21)26(22-12-6-2-7-13-22)23-14-8-3-9-15-23;1-9(2)7-3-4-10(9,8(11)5-7)6-15(12,13)14/h1-19H;7H,3-6H2,1-2H3,(H,12,13,14)/q+1;/p-1. The van der Waals surface area contributed by atoms with E-state index < -0.39 is 21.3 Å². The van der Waals surface area contributed by atoms with Gasteiger partial charge in [-0.25, -0.2) is 8.42 Å². The minimum absolute atomic E-state index is 0.0248. The van der Waals surface area contributed by atoms with Crippen LogP contribution in [0.3, 0.4) is 0 Å². The number of benzene rings is 4. The summed E-state index contributed by atoms with van der Waals surface area (Å²) in [7, 11) is -4.40. The van der Waals surface area contributed by atoms with Gasteiger partial charge < -0.3 is 4.55 Å². The number of ketones is 1. The average Bonchev–Trinajstić information content (AvgIpc) is 3.30. The lowest BCUT2D eigenvalue weighted by Gasteiger charge is -2.37. The molecule has 0 N–H and O–H groups in total. The lowest BCUT2D eigenvalue weighted by Crippen LogP contribution is -2.42. The quantitative estimate of drug-likeness (QED) is 0.159. The summed E-state index contributed by atoms with van der Waals surface area (Å²) in [5.41, 5.74) is -1.22. The third kappa shape index (κ3) is 6.49. The van der Waals surface area contributed by atoms with Crippen LogP contribution in [0.4, 0.5) is 0 Å². The molecule has 2 unspecified atom stereocenters. The van der Waals surface area contributed by atoms with Crippen LogP contribution in [-0.2, 0) is 25.8 Å². The van der Waals surface area contributed by atoms with Crippen LogP contribution in [0.15, 0.2) is 140 Å². The first-order chi connectivity index (χ1) is 19.6. The topological polar surface area (TPSA) is 74.3 Å². The van der Waals surface area contributed by atoms with Crippen molar-refractivity contribution >= 4 is 38.6 Å². The van der Waals surface area contributed by atoms with Crippen LogP contribution in [0.25, 0.3) is 0 Å². The largest absolute Gasteiger partial charge is 0.748 e. The lowest BCUT2D eigenvalue weighted by molar-refractivity contribution is -0.128. The molecule has 4 nitrogen and oxygen atoms in total. The van der Waals surface area contributed by atoms with E-state index in [0.29, 0.717) is 12.8 Å². The van der Waals surface area contributed by atoms with Gasteiger partial charge in [0, 0.05) is 21.6 Å². The number of carbonyl (C=O) groups is 1. The molecule has 2 fully saturated rings. The van der Waals surface area contributed by atoms with Gasteiger partial charge in [-0.1, -0.05) is 80.2 Å². The van der Waals surface area contributed by atoms with Gasteiger partial charge in [0.05, 0.1) is 26.8 Å². The molecule has 6 rings (SSSR count). The Bertz CT molecular complexity index is 1530. The van der Waals surface area contributed by atoms with Crippen molar-refractivity contribution in [2.45, 2.75) is 57.6 Å². The molecule has 0 aromatic heterocycles. The molecule has 2 aliphatic rings. The van der Waals surface area contributed by atoms with E-state index in [1.54, 1.807) is 11.8 Å². The minimum atomic E-state index is -4.33. The van der Waals surface area contributed by atoms with Crippen molar-refractivity contribution in [1.82, 2.24) is 0 Å². The first-order valence-electron chi connectivity index (χ1n) is 13.7. The molecule has 2 aliphatic carbocycles. The molecule has 0 amide bonds. The number of rotatable bonds is 7. The summed E-state index contributed by atoms with van der Waals surface area (Å²) in [5, 5.41) is 0. The maximum atomic E-state index is 11.8. The van der Waals surface area contributed by atoms with E-state index >= 15 is 0 Å². The van der Waals surface area contributed by atoms with Crippen molar-refractivity contribution in [2.24, 2.45) is 16.7 Å². The zero-order valence-corrected chi connectivity index (χ0v) is 25.7. The van der Waals surface area contributed by atoms with Gasteiger partial charge in [0.1, 0.15) is 5.78 Å². The smallest absolute Gasteiger partial charge is 0.166 e. The molecule has 7 heteroatoms. The fourth-order valence-electron chi connectivity index (χ4n) is 6.20. The summed E-state index contributed by atoms with van der Waals surface area (Å²) < 4.78 is 32.7. The van der Waals surface area contributed by atoms with Crippen LogP contribution in [0, 0.1) is 16.7 Å². The number of hydrogen-bond acceptors (Lipinski definition) is 5. The molecule has 0 spiro atoms. The molecule has 0 radical (unpaired) electrons. The van der Waals surface area contributed by atoms with Crippen molar-refractivity contribution in [3.05, 3.63) is 115 Å². The van der Waals surface area contributed by atoms with Crippen LogP contribution in [0.2, 0.25) is 0 Å². The Hall–Kier alpha value is -2.84. The monoisotopic (exact) mass is 602 g/mol. The van der Waals surface area contributed by atoms with Gasteiger partial charge in [0.15, 0.2) is 14.7 Å². The molecule has 0 aliphatic heterocycles. The fraction of sp³-hybridized carbons (Fsp3) is 0.265. The first-order valence-corrected chi connectivity index (χ1v) is 17.4. The van der Waals surface area contributed by atoms with Gasteiger partial charge >= 0.3 is 0 Å². The minimum Gasteiger partial charge on any atom is -0.748 e. The Labute approximate surface area is 250 Å². The second-order valence-corrected chi connectivity index (χ2v) is 15.8. The third-order valence-corrected chi connectivity index (χ3v) is 12.7. The van der Waals surface area contributed by atoms with Gasteiger partial charge in [-0.2, -0.15) is 0 Å². The first kappa shape index (κ1) is 29.6. The van der Waals surface area contributed by atoms with E-state index in [-0.39, 0.29) is 28.0 Å². The summed E-state index contributed by atoms with van der Waals surface area (Å²) >= 11 is 1.80.